The molecule has 11 heavy (non-hydrogen) atoms. The fourth-order valence-electron chi connectivity index (χ4n) is 1.47. The minimum absolute atomic E-state index is 0.681. The van der Waals surface area contributed by atoms with Gasteiger partial charge in [0.1, 0.15) is 0 Å². The summed E-state index contributed by atoms with van der Waals surface area (Å²) < 4.78 is 0. The number of nitrogens with one attached hydrogen (secondary N) is 1. The van der Waals surface area contributed by atoms with E-state index in [1.165, 1.54) is 17.1 Å². The smallest absolute Gasteiger partial charge is 0.0897 e. The Hall–Kier alpha value is -0.410. The summed E-state index contributed by atoms with van der Waals surface area (Å²) in [5, 5.41) is 6.72. The maximum atomic E-state index is 4.47. The van der Waals surface area contributed by atoms with Gasteiger partial charge < -0.3 is 5.32 Å². The predicted octanol–water partition coefficient (Wildman–Crippen LogP) is 1.53. The van der Waals surface area contributed by atoms with E-state index in [4.69, 9.17) is 0 Å². The lowest BCUT2D eigenvalue weighted by atomic mass is 10.1. The second-order valence-corrected chi connectivity index (χ2v) is 4.04. The van der Waals surface area contributed by atoms with Gasteiger partial charge in [-0.1, -0.05) is 0 Å². The van der Waals surface area contributed by atoms with Crippen molar-refractivity contribution in [2.45, 2.75) is 19.3 Å². The number of thiazole rings is 1. The van der Waals surface area contributed by atoms with Crippen molar-refractivity contribution in [2.24, 2.45) is 0 Å². The molecule has 1 fully saturated rings. The topological polar surface area (TPSA) is 24.9 Å². The average molecular weight is 168 g/mol. The molecule has 1 saturated heterocycles. The Kier molecular flexibility index (Phi) is 1.92. The molecular formula is C8H12N2S. The number of nitrogens with zero attached hydrogens (tertiary/aromatic N) is 1. The molecule has 0 saturated carbocycles. The van der Waals surface area contributed by atoms with E-state index in [-0.39, 0.29) is 0 Å². The van der Waals surface area contributed by atoms with Gasteiger partial charge in [0, 0.05) is 17.8 Å². The summed E-state index contributed by atoms with van der Waals surface area (Å²) in [6, 6.07) is 0. The molecule has 2 heterocycles. The average Bonchev–Trinajstić information content (AvgIpc) is 2.55. The van der Waals surface area contributed by atoms with Crippen molar-refractivity contribution in [1.29, 1.82) is 0 Å². The Morgan fingerprint density at radius 3 is 3.18 bits per heavy atom. The normalized spacial score (nSPS) is 24.3. The summed E-state index contributed by atoms with van der Waals surface area (Å²) in [6.45, 7) is 4.33. The maximum absolute atomic E-state index is 4.47. The third-order valence-corrected chi connectivity index (χ3v) is 2.91. The first-order valence-electron chi connectivity index (χ1n) is 3.99. The Labute approximate surface area is 70.7 Å². The summed E-state index contributed by atoms with van der Waals surface area (Å²) in [4.78, 5) is 4.47. The molecule has 1 N–H and O–H groups in total. The van der Waals surface area contributed by atoms with Gasteiger partial charge >= 0.3 is 0 Å². The molecule has 0 spiro atoms. The van der Waals surface area contributed by atoms with Crippen LogP contribution in [0.2, 0.25) is 0 Å². The first-order valence-corrected chi connectivity index (χ1v) is 4.87. The summed E-state index contributed by atoms with van der Waals surface area (Å²) in [6.07, 6.45) is 1.25. The standard InChI is InChI=1S/C8H12N2S/c1-6-10-8(5-11-6)7-2-3-9-4-7/h5,7,9H,2-4H2,1H3. The third-order valence-electron chi connectivity index (χ3n) is 2.12. The van der Waals surface area contributed by atoms with Crippen molar-refractivity contribution in [1.82, 2.24) is 10.3 Å². The highest BCUT2D eigenvalue weighted by Crippen LogP contribution is 2.23. The van der Waals surface area contributed by atoms with Crippen molar-refractivity contribution in [2.75, 3.05) is 13.1 Å². The molecule has 2 nitrogen and oxygen atoms in total. The first-order chi connectivity index (χ1) is 5.36. The zero-order valence-corrected chi connectivity index (χ0v) is 7.45. The Morgan fingerprint density at radius 2 is 2.64 bits per heavy atom. The van der Waals surface area contributed by atoms with Gasteiger partial charge in [0.2, 0.25) is 0 Å². The van der Waals surface area contributed by atoms with Gasteiger partial charge in [-0.15, -0.1) is 11.3 Å². The van der Waals surface area contributed by atoms with Gasteiger partial charge in [-0.05, 0) is 19.9 Å². The van der Waals surface area contributed by atoms with Crippen molar-refractivity contribution in [3.8, 4) is 0 Å². The molecule has 60 valence electrons. The maximum Gasteiger partial charge on any atom is 0.0897 e. The molecular weight excluding hydrogens is 156 g/mol. The van der Waals surface area contributed by atoms with Crippen LogP contribution in [0, 0.1) is 6.92 Å². The van der Waals surface area contributed by atoms with E-state index in [1.54, 1.807) is 11.3 Å². The molecule has 1 aliphatic heterocycles. The van der Waals surface area contributed by atoms with E-state index in [1.807, 2.05) is 0 Å². The lowest BCUT2D eigenvalue weighted by Crippen LogP contribution is -2.08. The highest BCUT2D eigenvalue weighted by atomic mass is 32.1. The molecule has 1 unspecified atom stereocenters. The van der Waals surface area contributed by atoms with Crippen LogP contribution in [-0.4, -0.2) is 18.1 Å². The molecule has 1 aliphatic rings. The summed E-state index contributed by atoms with van der Waals surface area (Å²) in [5.74, 6) is 0.681. The van der Waals surface area contributed by atoms with Crippen LogP contribution in [-0.2, 0) is 0 Å². The predicted molar refractivity (Wildman–Crippen MR) is 47.1 cm³/mol. The van der Waals surface area contributed by atoms with Crippen LogP contribution in [0.25, 0.3) is 0 Å². The number of rotatable bonds is 1. The van der Waals surface area contributed by atoms with Crippen molar-refractivity contribution in [3.63, 3.8) is 0 Å². The lowest BCUT2D eigenvalue weighted by Gasteiger charge is -2.01. The fourth-order valence-corrected chi connectivity index (χ4v) is 2.17. The van der Waals surface area contributed by atoms with Crippen LogP contribution in [0.3, 0.4) is 0 Å². The van der Waals surface area contributed by atoms with E-state index in [9.17, 15) is 0 Å². The molecule has 0 aliphatic carbocycles. The Balaban J connectivity index is 2.15. The van der Waals surface area contributed by atoms with Crippen LogP contribution in [0.1, 0.15) is 23.0 Å². The van der Waals surface area contributed by atoms with Crippen LogP contribution >= 0.6 is 11.3 Å². The van der Waals surface area contributed by atoms with Crippen molar-refractivity contribution < 1.29 is 0 Å². The summed E-state index contributed by atoms with van der Waals surface area (Å²) >= 11 is 1.75. The van der Waals surface area contributed by atoms with E-state index in [2.05, 4.69) is 22.6 Å². The van der Waals surface area contributed by atoms with Gasteiger partial charge in [-0.3, -0.25) is 0 Å². The van der Waals surface area contributed by atoms with Gasteiger partial charge in [-0.25, -0.2) is 4.98 Å². The van der Waals surface area contributed by atoms with E-state index in [0.717, 1.165) is 13.1 Å². The highest BCUT2D eigenvalue weighted by molar-refractivity contribution is 7.09. The number of aromatic nitrogens is 1. The molecule has 0 amide bonds. The monoisotopic (exact) mass is 168 g/mol. The number of hydrogen-bond acceptors (Lipinski definition) is 3. The zero-order chi connectivity index (χ0) is 7.68. The van der Waals surface area contributed by atoms with Crippen LogP contribution in [0.4, 0.5) is 0 Å². The lowest BCUT2D eigenvalue weighted by molar-refractivity contribution is 0.739. The molecule has 0 aromatic carbocycles. The van der Waals surface area contributed by atoms with Gasteiger partial charge in [0.25, 0.3) is 0 Å². The minimum Gasteiger partial charge on any atom is -0.316 e. The SMILES string of the molecule is Cc1nc(C2CCNC2)cs1. The van der Waals surface area contributed by atoms with E-state index < -0.39 is 0 Å². The second-order valence-electron chi connectivity index (χ2n) is 2.98. The van der Waals surface area contributed by atoms with Crippen LogP contribution in [0.5, 0.6) is 0 Å². The highest BCUT2D eigenvalue weighted by Gasteiger charge is 2.18. The number of hydrogen-bond donors (Lipinski definition) is 1. The third kappa shape index (κ3) is 1.44. The summed E-state index contributed by atoms with van der Waals surface area (Å²) in [5.41, 5.74) is 1.29. The van der Waals surface area contributed by atoms with Gasteiger partial charge in [0.15, 0.2) is 0 Å². The van der Waals surface area contributed by atoms with Crippen LogP contribution in [0.15, 0.2) is 5.38 Å². The van der Waals surface area contributed by atoms with Crippen LogP contribution < -0.4 is 5.32 Å². The van der Waals surface area contributed by atoms with E-state index >= 15 is 0 Å². The quantitative estimate of drug-likeness (QED) is 0.688. The largest absolute Gasteiger partial charge is 0.316 e. The zero-order valence-electron chi connectivity index (χ0n) is 6.63. The Morgan fingerprint density at radius 1 is 1.73 bits per heavy atom. The van der Waals surface area contributed by atoms with Gasteiger partial charge in [-0.2, -0.15) is 0 Å². The van der Waals surface area contributed by atoms with Gasteiger partial charge in [0.05, 0.1) is 10.7 Å². The van der Waals surface area contributed by atoms with Crippen molar-refractivity contribution in [3.05, 3.63) is 16.1 Å². The number of aryl methyl sites for hydroxylation is 1. The van der Waals surface area contributed by atoms with E-state index in [0.29, 0.717) is 5.92 Å². The fraction of sp³-hybridized carbons (Fsp3) is 0.625. The molecule has 2 rings (SSSR count). The second kappa shape index (κ2) is 2.91. The Bertz CT molecular complexity index is 238. The minimum atomic E-state index is 0.681. The molecule has 1 aromatic heterocycles. The first kappa shape index (κ1) is 7.25. The molecule has 0 bridgehead atoms. The molecule has 0 radical (unpaired) electrons. The molecule has 1 aromatic rings. The molecule has 3 heteroatoms. The summed E-state index contributed by atoms with van der Waals surface area (Å²) in [7, 11) is 0. The molecule has 1 atom stereocenters. The van der Waals surface area contributed by atoms with Crippen molar-refractivity contribution >= 4 is 11.3 Å².